The first-order valence-electron chi connectivity index (χ1n) is 7.23. The monoisotopic (exact) mass is 245 g/mol. The highest BCUT2D eigenvalue weighted by atomic mass is 16.3. The largest absolute Gasteiger partial charge is 0.508 e. The lowest BCUT2D eigenvalue weighted by Gasteiger charge is -2.43. The van der Waals surface area contributed by atoms with E-state index in [0.29, 0.717) is 12.3 Å². The molecule has 0 aliphatic heterocycles. The molecule has 0 amide bonds. The van der Waals surface area contributed by atoms with Gasteiger partial charge in [0.25, 0.3) is 0 Å². The zero-order chi connectivity index (χ0) is 12.8. The first-order chi connectivity index (χ1) is 8.68. The molecule has 3 rings (SSSR count). The number of phenols is 1. The second-order valence-electron chi connectivity index (χ2n) is 6.08. The Hall–Kier alpha value is -1.02. The lowest BCUT2D eigenvalue weighted by atomic mass is 9.62. The summed E-state index contributed by atoms with van der Waals surface area (Å²) in [6, 6.07) is 2.02. The van der Waals surface area contributed by atoms with Crippen LogP contribution in [0, 0.1) is 6.92 Å². The van der Waals surface area contributed by atoms with E-state index in [1.807, 2.05) is 6.07 Å². The first-order valence-corrected chi connectivity index (χ1v) is 7.23. The van der Waals surface area contributed by atoms with E-state index in [4.69, 9.17) is 5.73 Å². The summed E-state index contributed by atoms with van der Waals surface area (Å²) in [5.74, 6) is 0.498. The van der Waals surface area contributed by atoms with Gasteiger partial charge in [0, 0.05) is 17.5 Å². The van der Waals surface area contributed by atoms with Gasteiger partial charge in [0.2, 0.25) is 0 Å². The number of aromatic hydroxyl groups is 1. The van der Waals surface area contributed by atoms with Crippen LogP contribution >= 0.6 is 0 Å². The molecule has 2 aliphatic carbocycles. The van der Waals surface area contributed by atoms with Crippen molar-refractivity contribution in [2.24, 2.45) is 5.73 Å². The van der Waals surface area contributed by atoms with Gasteiger partial charge < -0.3 is 10.8 Å². The Bertz CT molecular complexity index is 469. The normalized spacial score (nSPS) is 21.2. The third-order valence-electron chi connectivity index (χ3n) is 5.14. The summed E-state index contributed by atoms with van der Waals surface area (Å²) in [5, 5.41) is 10.4. The summed E-state index contributed by atoms with van der Waals surface area (Å²) in [5.41, 5.74) is 11.4. The minimum Gasteiger partial charge on any atom is -0.508 e. The maximum absolute atomic E-state index is 10.4. The molecule has 3 N–H and O–H groups in total. The molecule has 1 aromatic carbocycles. The zero-order valence-electron chi connectivity index (χ0n) is 11.3. The first kappa shape index (κ1) is 12.0. The molecule has 1 saturated carbocycles. The van der Waals surface area contributed by atoms with Crippen LogP contribution in [0.2, 0.25) is 0 Å². The van der Waals surface area contributed by atoms with Crippen molar-refractivity contribution in [2.75, 3.05) is 6.54 Å². The fourth-order valence-corrected chi connectivity index (χ4v) is 3.93. The molecule has 0 aromatic heterocycles. The van der Waals surface area contributed by atoms with Crippen molar-refractivity contribution in [3.63, 3.8) is 0 Å². The molecule has 0 spiro atoms. The molecule has 2 nitrogen and oxygen atoms in total. The van der Waals surface area contributed by atoms with Crippen LogP contribution < -0.4 is 5.73 Å². The highest BCUT2D eigenvalue weighted by Crippen LogP contribution is 2.49. The number of hydrogen-bond donors (Lipinski definition) is 2. The van der Waals surface area contributed by atoms with E-state index in [9.17, 15) is 5.11 Å². The third kappa shape index (κ3) is 1.58. The highest BCUT2D eigenvalue weighted by Gasteiger charge is 2.41. The van der Waals surface area contributed by atoms with Gasteiger partial charge in [0.05, 0.1) is 0 Å². The Kier molecular flexibility index (Phi) is 2.86. The van der Waals surface area contributed by atoms with Gasteiger partial charge >= 0.3 is 0 Å². The molecule has 0 atom stereocenters. The molecule has 1 aromatic rings. The van der Waals surface area contributed by atoms with Crippen molar-refractivity contribution in [3.05, 3.63) is 28.3 Å². The van der Waals surface area contributed by atoms with E-state index in [0.717, 1.165) is 24.8 Å². The molecule has 0 radical (unpaired) electrons. The van der Waals surface area contributed by atoms with Crippen LogP contribution in [0.3, 0.4) is 0 Å². The zero-order valence-corrected chi connectivity index (χ0v) is 11.3. The van der Waals surface area contributed by atoms with Gasteiger partial charge in [-0.3, -0.25) is 0 Å². The van der Waals surface area contributed by atoms with Crippen LogP contribution in [0.1, 0.15) is 54.4 Å². The summed E-state index contributed by atoms with van der Waals surface area (Å²) in [6.45, 7) is 2.86. The number of phenolic OH excluding ortho intramolecular Hbond substituents is 1. The fourth-order valence-electron chi connectivity index (χ4n) is 3.93. The summed E-state index contributed by atoms with van der Waals surface area (Å²) < 4.78 is 0. The molecule has 0 heterocycles. The maximum Gasteiger partial charge on any atom is 0.119 e. The van der Waals surface area contributed by atoms with Crippen molar-refractivity contribution in [1.82, 2.24) is 0 Å². The molecule has 98 valence electrons. The standard InChI is InChI=1S/C16H23NO/c1-11-13-6-3-2-5-12(13)9-14(18)15(11)16(10-17)7-4-8-16/h9,18H,2-8,10,17H2,1H3. The number of hydrogen-bond acceptors (Lipinski definition) is 2. The average Bonchev–Trinajstić information content (AvgIpc) is 2.32. The van der Waals surface area contributed by atoms with E-state index in [1.54, 1.807) is 0 Å². The summed E-state index contributed by atoms with van der Waals surface area (Å²) in [7, 11) is 0. The quantitative estimate of drug-likeness (QED) is 0.841. The predicted octanol–water partition coefficient (Wildman–Crippen LogP) is 2.96. The topological polar surface area (TPSA) is 46.2 Å². The molecule has 1 fully saturated rings. The number of fused-ring (bicyclic) bond motifs is 1. The second kappa shape index (κ2) is 4.27. The van der Waals surface area contributed by atoms with Crippen LogP contribution in [-0.4, -0.2) is 11.7 Å². The van der Waals surface area contributed by atoms with Gasteiger partial charge in [-0.25, -0.2) is 0 Å². The third-order valence-corrected chi connectivity index (χ3v) is 5.14. The number of nitrogens with two attached hydrogens (primary N) is 1. The number of aryl methyl sites for hydroxylation is 1. The van der Waals surface area contributed by atoms with E-state index < -0.39 is 0 Å². The van der Waals surface area contributed by atoms with Crippen molar-refractivity contribution in [1.29, 1.82) is 0 Å². The summed E-state index contributed by atoms with van der Waals surface area (Å²) in [6.07, 6.45) is 8.36. The highest BCUT2D eigenvalue weighted by molar-refractivity contribution is 5.53. The van der Waals surface area contributed by atoms with Crippen molar-refractivity contribution in [3.8, 4) is 5.75 Å². The fraction of sp³-hybridized carbons (Fsp3) is 0.625. The molecule has 2 aliphatic rings. The molecule has 18 heavy (non-hydrogen) atoms. The molecule has 0 saturated heterocycles. The van der Waals surface area contributed by atoms with Crippen LogP contribution in [0.4, 0.5) is 0 Å². The van der Waals surface area contributed by atoms with E-state index >= 15 is 0 Å². The maximum atomic E-state index is 10.4. The van der Waals surface area contributed by atoms with Crippen LogP contribution in [0.5, 0.6) is 5.75 Å². The Balaban J connectivity index is 2.15. The van der Waals surface area contributed by atoms with E-state index in [1.165, 1.54) is 42.4 Å². The van der Waals surface area contributed by atoms with Crippen molar-refractivity contribution < 1.29 is 5.11 Å². The molecule has 2 heteroatoms. The van der Waals surface area contributed by atoms with Gasteiger partial charge in [0.15, 0.2) is 0 Å². The lowest BCUT2D eigenvalue weighted by molar-refractivity contribution is 0.243. The van der Waals surface area contributed by atoms with Gasteiger partial charge in [-0.15, -0.1) is 0 Å². The average molecular weight is 245 g/mol. The van der Waals surface area contributed by atoms with Crippen LogP contribution in [0.25, 0.3) is 0 Å². The van der Waals surface area contributed by atoms with E-state index in [-0.39, 0.29) is 5.41 Å². The molecular formula is C16H23NO. The summed E-state index contributed by atoms with van der Waals surface area (Å²) in [4.78, 5) is 0. The molecule has 0 bridgehead atoms. The number of rotatable bonds is 2. The van der Waals surface area contributed by atoms with Crippen LogP contribution in [0.15, 0.2) is 6.07 Å². The predicted molar refractivity (Wildman–Crippen MR) is 74.1 cm³/mol. The van der Waals surface area contributed by atoms with Gasteiger partial charge in [0.1, 0.15) is 5.75 Å². The Morgan fingerprint density at radius 3 is 2.56 bits per heavy atom. The van der Waals surface area contributed by atoms with Gasteiger partial charge in [-0.2, -0.15) is 0 Å². The molecule has 0 unspecified atom stereocenters. The Labute approximate surface area is 109 Å². The van der Waals surface area contributed by atoms with Crippen LogP contribution in [-0.2, 0) is 18.3 Å². The molecular weight excluding hydrogens is 222 g/mol. The van der Waals surface area contributed by atoms with E-state index in [2.05, 4.69) is 6.92 Å². The Morgan fingerprint density at radius 1 is 1.22 bits per heavy atom. The SMILES string of the molecule is Cc1c2c(cc(O)c1C1(CN)CCC1)CCCC2. The van der Waals surface area contributed by atoms with Crippen molar-refractivity contribution in [2.45, 2.75) is 57.3 Å². The lowest BCUT2D eigenvalue weighted by Crippen LogP contribution is -2.42. The van der Waals surface area contributed by atoms with Crippen molar-refractivity contribution >= 4 is 0 Å². The smallest absolute Gasteiger partial charge is 0.119 e. The second-order valence-corrected chi connectivity index (χ2v) is 6.08. The van der Waals surface area contributed by atoms with Gasteiger partial charge in [-0.1, -0.05) is 6.42 Å². The van der Waals surface area contributed by atoms with Gasteiger partial charge in [-0.05, 0) is 68.2 Å². The number of benzene rings is 1. The minimum atomic E-state index is 0.0701. The Morgan fingerprint density at radius 2 is 1.94 bits per heavy atom. The summed E-state index contributed by atoms with van der Waals surface area (Å²) >= 11 is 0. The minimum absolute atomic E-state index is 0.0701.